The molecule has 1 amide bonds. The predicted molar refractivity (Wildman–Crippen MR) is 135 cm³/mol. The molecule has 3 N–H and O–H groups in total. The highest BCUT2D eigenvalue weighted by molar-refractivity contribution is 9.10. The van der Waals surface area contributed by atoms with Crippen LogP contribution in [0.5, 0.6) is 5.75 Å². The van der Waals surface area contributed by atoms with E-state index in [0.29, 0.717) is 24.1 Å². The van der Waals surface area contributed by atoms with Crippen LogP contribution in [0.25, 0.3) is 5.57 Å². The van der Waals surface area contributed by atoms with Crippen LogP contribution in [0.1, 0.15) is 46.8 Å². The molecule has 2 aromatic rings. The van der Waals surface area contributed by atoms with Crippen LogP contribution < -0.4 is 15.0 Å². The number of carbonyl (C=O) groups is 4. The SMILES string of the molecule is CCc1c(C2=C(C(=O)O)CNc3ccccc32)c(Br)c(OC(F)F)c2c1C(=O)C(C(=O)O)C(=O)N2C1CC1. The molecule has 1 fully saturated rings. The molecule has 1 aliphatic carbocycles. The summed E-state index contributed by atoms with van der Waals surface area (Å²) in [6, 6.07) is 6.32. The summed E-state index contributed by atoms with van der Waals surface area (Å²) < 4.78 is 32.4. The Morgan fingerprint density at radius 3 is 2.45 bits per heavy atom. The zero-order valence-electron chi connectivity index (χ0n) is 19.9. The Bertz CT molecular complexity index is 1450. The van der Waals surface area contributed by atoms with Crippen molar-refractivity contribution in [3.8, 4) is 5.75 Å². The first-order valence-corrected chi connectivity index (χ1v) is 12.6. The second-order valence-corrected chi connectivity index (χ2v) is 9.88. The number of alkyl halides is 2. The van der Waals surface area contributed by atoms with E-state index in [1.54, 1.807) is 31.2 Å². The van der Waals surface area contributed by atoms with E-state index in [9.17, 15) is 38.2 Å². The van der Waals surface area contributed by atoms with Crippen molar-refractivity contribution >= 4 is 56.5 Å². The van der Waals surface area contributed by atoms with Crippen LogP contribution in [-0.2, 0) is 20.8 Å². The number of halogens is 3. The number of rotatable bonds is 7. The number of benzene rings is 2. The Hall–Kier alpha value is -3.80. The molecule has 1 saturated carbocycles. The molecule has 1 atom stereocenters. The molecule has 0 saturated heterocycles. The molecule has 5 rings (SSSR count). The van der Waals surface area contributed by atoms with E-state index in [0.717, 1.165) is 4.90 Å². The van der Waals surface area contributed by atoms with Crippen LogP contribution >= 0.6 is 15.9 Å². The molecule has 2 aromatic carbocycles. The minimum absolute atomic E-state index is 0.0566. The van der Waals surface area contributed by atoms with E-state index < -0.39 is 47.9 Å². The third-order valence-corrected chi connectivity index (χ3v) is 7.65. The fourth-order valence-electron chi connectivity index (χ4n) is 5.21. The molecule has 3 aliphatic rings. The van der Waals surface area contributed by atoms with E-state index in [-0.39, 0.29) is 51.0 Å². The Morgan fingerprint density at radius 1 is 1.18 bits per heavy atom. The summed E-state index contributed by atoms with van der Waals surface area (Å²) in [5.41, 5.74) is 1.02. The number of para-hydroxylation sites is 1. The number of ketones is 1. The standard InChI is InChI=1S/C26H21BrF2N2O7/c1-2-11-16(15-12-5-3-4-6-14(12)30-9-13(15)24(34)35)19(27)22(38-26(28)29)20-17(11)21(32)18(25(36)37)23(33)31(20)10-7-8-10/h3-6,10,18,26,30H,2,7-9H2,1H3,(H,34,35)(H,36,37). The van der Waals surface area contributed by atoms with Crippen molar-refractivity contribution in [2.24, 2.45) is 5.92 Å². The quantitative estimate of drug-likeness (QED) is 0.406. The molecular weight excluding hydrogens is 570 g/mol. The third-order valence-electron chi connectivity index (χ3n) is 6.89. The summed E-state index contributed by atoms with van der Waals surface area (Å²) in [7, 11) is 0. The largest absolute Gasteiger partial charge is 0.480 e. The van der Waals surface area contributed by atoms with Gasteiger partial charge in [0.25, 0.3) is 0 Å². The Kier molecular flexibility index (Phi) is 6.46. The summed E-state index contributed by atoms with van der Waals surface area (Å²) in [6.07, 6.45) is 1.09. The number of nitrogens with one attached hydrogen (secondary N) is 1. The van der Waals surface area contributed by atoms with Gasteiger partial charge in [0.2, 0.25) is 5.91 Å². The summed E-state index contributed by atoms with van der Waals surface area (Å²) in [5, 5.41) is 22.9. The van der Waals surface area contributed by atoms with Crippen LogP contribution in [0.2, 0.25) is 0 Å². The van der Waals surface area contributed by atoms with Gasteiger partial charge in [0.1, 0.15) is 0 Å². The van der Waals surface area contributed by atoms with Gasteiger partial charge < -0.3 is 25.2 Å². The van der Waals surface area contributed by atoms with Crippen molar-refractivity contribution in [2.45, 2.75) is 38.8 Å². The van der Waals surface area contributed by atoms with Crippen molar-refractivity contribution in [3.63, 3.8) is 0 Å². The maximum atomic E-state index is 13.8. The molecule has 9 nitrogen and oxygen atoms in total. The van der Waals surface area contributed by atoms with Crippen LogP contribution in [0.15, 0.2) is 34.3 Å². The molecule has 0 bridgehead atoms. The average molecular weight is 591 g/mol. The molecule has 0 spiro atoms. The fraction of sp³-hybridized carbons (Fsp3) is 0.308. The summed E-state index contributed by atoms with van der Waals surface area (Å²) in [5.74, 6) is -7.58. The normalized spacial score (nSPS) is 18.8. The van der Waals surface area contributed by atoms with Crippen LogP contribution in [-0.4, -0.2) is 53.0 Å². The molecular formula is C26H21BrF2N2O7. The molecule has 2 heterocycles. The van der Waals surface area contributed by atoms with Crippen molar-refractivity contribution in [1.82, 2.24) is 0 Å². The van der Waals surface area contributed by atoms with Gasteiger partial charge in [-0.1, -0.05) is 25.1 Å². The van der Waals surface area contributed by atoms with Crippen molar-refractivity contribution in [2.75, 3.05) is 16.8 Å². The summed E-state index contributed by atoms with van der Waals surface area (Å²) in [6.45, 7) is -1.78. The third kappa shape index (κ3) is 3.94. The number of aliphatic carboxylic acids is 2. The van der Waals surface area contributed by atoms with Gasteiger partial charge in [0.15, 0.2) is 17.5 Å². The lowest BCUT2D eigenvalue weighted by Gasteiger charge is -2.36. The number of anilines is 2. The number of hydrogen-bond acceptors (Lipinski definition) is 6. The molecule has 1 unspecified atom stereocenters. The smallest absolute Gasteiger partial charge is 0.387 e. The van der Waals surface area contributed by atoms with E-state index >= 15 is 0 Å². The lowest BCUT2D eigenvalue weighted by molar-refractivity contribution is -0.144. The van der Waals surface area contributed by atoms with E-state index in [1.807, 2.05) is 0 Å². The molecule has 2 aliphatic heterocycles. The molecule has 0 aromatic heterocycles. The fourth-order valence-corrected chi connectivity index (χ4v) is 5.93. The van der Waals surface area contributed by atoms with Gasteiger partial charge in [-0.05, 0) is 46.8 Å². The van der Waals surface area contributed by atoms with Gasteiger partial charge >= 0.3 is 18.6 Å². The Balaban J connectivity index is 1.94. The number of Topliss-reactive ketones (excluding diaryl/α,β-unsaturated/α-hetero) is 1. The summed E-state index contributed by atoms with van der Waals surface area (Å²) >= 11 is 3.35. The maximum absolute atomic E-state index is 13.8. The average Bonchev–Trinajstić information content (AvgIpc) is 3.69. The summed E-state index contributed by atoms with van der Waals surface area (Å²) in [4.78, 5) is 52.4. The molecule has 198 valence electrons. The number of amides is 1. The molecule has 12 heteroatoms. The van der Waals surface area contributed by atoms with Gasteiger partial charge in [0, 0.05) is 35.0 Å². The van der Waals surface area contributed by atoms with Gasteiger partial charge in [-0.3, -0.25) is 14.4 Å². The lowest BCUT2D eigenvalue weighted by atomic mass is 9.79. The number of carboxylic acids is 2. The van der Waals surface area contributed by atoms with Crippen molar-refractivity contribution < 1.29 is 42.9 Å². The van der Waals surface area contributed by atoms with E-state index in [2.05, 4.69) is 21.2 Å². The first kappa shape index (κ1) is 25.8. The zero-order valence-corrected chi connectivity index (χ0v) is 21.5. The highest BCUT2D eigenvalue weighted by atomic mass is 79.9. The highest BCUT2D eigenvalue weighted by Crippen LogP contribution is 2.54. The second-order valence-electron chi connectivity index (χ2n) is 9.09. The van der Waals surface area contributed by atoms with Gasteiger partial charge in [0.05, 0.1) is 21.3 Å². The number of ether oxygens (including phenoxy) is 1. The van der Waals surface area contributed by atoms with E-state index in [1.165, 1.54) is 0 Å². The van der Waals surface area contributed by atoms with Crippen molar-refractivity contribution in [3.05, 3.63) is 56.6 Å². The van der Waals surface area contributed by atoms with Gasteiger partial charge in [-0.25, -0.2) is 4.79 Å². The van der Waals surface area contributed by atoms with Crippen molar-refractivity contribution in [1.29, 1.82) is 0 Å². The Morgan fingerprint density at radius 2 is 1.87 bits per heavy atom. The monoisotopic (exact) mass is 590 g/mol. The maximum Gasteiger partial charge on any atom is 0.387 e. The number of hydrogen-bond donors (Lipinski definition) is 3. The first-order valence-electron chi connectivity index (χ1n) is 11.8. The number of fused-ring (bicyclic) bond motifs is 2. The van der Waals surface area contributed by atoms with Crippen LogP contribution in [0.4, 0.5) is 20.2 Å². The van der Waals surface area contributed by atoms with Gasteiger partial charge in [-0.15, -0.1) is 0 Å². The molecule has 38 heavy (non-hydrogen) atoms. The Labute approximate surface area is 223 Å². The minimum Gasteiger partial charge on any atom is -0.480 e. The number of carboxylic acid groups (broad SMARTS) is 2. The first-order chi connectivity index (χ1) is 18.1. The minimum atomic E-state index is -3.35. The van der Waals surface area contributed by atoms with Crippen LogP contribution in [0, 0.1) is 5.92 Å². The van der Waals surface area contributed by atoms with E-state index in [4.69, 9.17) is 4.74 Å². The zero-order chi connectivity index (χ0) is 27.5. The molecule has 0 radical (unpaired) electrons. The second kappa shape index (κ2) is 9.50. The number of nitrogens with zero attached hydrogens (tertiary/aromatic N) is 1. The van der Waals surface area contributed by atoms with Gasteiger partial charge in [-0.2, -0.15) is 8.78 Å². The highest BCUT2D eigenvalue weighted by Gasteiger charge is 2.52. The lowest BCUT2D eigenvalue weighted by Crippen LogP contribution is -2.49. The van der Waals surface area contributed by atoms with Crippen LogP contribution in [0.3, 0.4) is 0 Å². The topological polar surface area (TPSA) is 133 Å². The predicted octanol–water partition coefficient (Wildman–Crippen LogP) is 4.32. The number of carbonyl (C=O) groups excluding carboxylic acids is 2.